The summed E-state index contributed by atoms with van der Waals surface area (Å²) in [5.41, 5.74) is 3.99. The summed E-state index contributed by atoms with van der Waals surface area (Å²) in [4.78, 5) is 12.0. The maximum atomic E-state index is 13.7. The highest BCUT2D eigenvalue weighted by atomic mass is 19.1. The van der Waals surface area contributed by atoms with Crippen molar-refractivity contribution >= 4 is 5.91 Å². The summed E-state index contributed by atoms with van der Waals surface area (Å²) in [5.74, 6) is -0.433. The van der Waals surface area contributed by atoms with Gasteiger partial charge in [-0.2, -0.15) is 0 Å². The van der Waals surface area contributed by atoms with E-state index >= 15 is 0 Å². The molecule has 2 N–H and O–H groups in total. The van der Waals surface area contributed by atoms with Gasteiger partial charge in [0.25, 0.3) is 0 Å². The van der Waals surface area contributed by atoms with Crippen LogP contribution in [0, 0.1) is 31.5 Å². The molecule has 2 rings (SSSR count). The minimum atomic E-state index is -0.318. The molecular formula is C17H24FNO2. The maximum Gasteiger partial charge on any atom is 0.247 e. The van der Waals surface area contributed by atoms with Crippen LogP contribution in [0.2, 0.25) is 0 Å². The number of benzene rings is 1. The molecule has 1 atom stereocenters. The fourth-order valence-electron chi connectivity index (χ4n) is 3.50. The van der Waals surface area contributed by atoms with Crippen molar-refractivity contribution in [2.75, 3.05) is 0 Å². The van der Waals surface area contributed by atoms with Crippen LogP contribution in [0.3, 0.4) is 0 Å². The minimum Gasteiger partial charge on any atom is -0.289 e. The molecule has 0 bridgehead atoms. The summed E-state index contributed by atoms with van der Waals surface area (Å²) in [6.45, 7) is 3.49. The number of carbonyl (C=O) groups excluding carboxylic acids is 1. The zero-order chi connectivity index (χ0) is 15.4. The van der Waals surface area contributed by atoms with Crippen LogP contribution in [0.1, 0.15) is 48.8 Å². The first kappa shape index (κ1) is 16.0. The number of aryl methyl sites for hydroxylation is 2. The van der Waals surface area contributed by atoms with E-state index in [-0.39, 0.29) is 17.6 Å². The lowest BCUT2D eigenvalue weighted by Crippen LogP contribution is -2.35. The number of halogens is 1. The Morgan fingerprint density at radius 3 is 2.38 bits per heavy atom. The van der Waals surface area contributed by atoms with Crippen LogP contribution in [0.25, 0.3) is 0 Å². The summed E-state index contributed by atoms with van der Waals surface area (Å²) < 4.78 is 13.7. The maximum absolute atomic E-state index is 13.7. The van der Waals surface area contributed by atoms with Crippen LogP contribution in [0.4, 0.5) is 4.39 Å². The summed E-state index contributed by atoms with van der Waals surface area (Å²) in [6.07, 6.45) is 6.11. The molecule has 0 heterocycles. The van der Waals surface area contributed by atoms with Gasteiger partial charge in [-0.25, -0.2) is 9.87 Å². The van der Waals surface area contributed by atoms with Gasteiger partial charge in [-0.15, -0.1) is 0 Å². The average Bonchev–Trinajstić information content (AvgIpc) is 2.50. The highest BCUT2D eigenvalue weighted by Gasteiger charge is 2.29. The first-order valence-electron chi connectivity index (χ1n) is 7.72. The Kier molecular flexibility index (Phi) is 5.34. The number of carbonyl (C=O) groups is 1. The molecule has 21 heavy (non-hydrogen) atoms. The fraction of sp³-hybridized carbons (Fsp3) is 0.588. The predicted octanol–water partition coefficient (Wildman–Crippen LogP) is 3.69. The molecule has 4 heteroatoms. The Hall–Kier alpha value is -1.42. The fourth-order valence-corrected chi connectivity index (χ4v) is 3.50. The molecule has 116 valence electrons. The van der Waals surface area contributed by atoms with Crippen molar-refractivity contribution in [1.29, 1.82) is 0 Å². The molecule has 1 aliphatic rings. The molecule has 0 unspecified atom stereocenters. The van der Waals surface area contributed by atoms with E-state index in [0.29, 0.717) is 23.5 Å². The van der Waals surface area contributed by atoms with Crippen molar-refractivity contribution in [3.8, 4) is 0 Å². The molecule has 1 aliphatic carbocycles. The van der Waals surface area contributed by atoms with Gasteiger partial charge in [0.15, 0.2) is 0 Å². The average molecular weight is 293 g/mol. The van der Waals surface area contributed by atoms with Crippen molar-refractivity contribution in [1.82, 2.24) is 5.48 Å². The smallest absolute Gasteiger partial charge is 0.247 e. The van der Waals surface area contributed by atoms with E-state index in [4.69, 9.17) is 5.21 Å². The molecule has 0 spiro atoms. The SMILES string of the molecule is Cc1cc(C[C@@H](C(=O)NO)C2CCCCC2)cc(C)c1F. The van der Waals surface area contributed by atoms with E-state index in [0.717, 1.165) is 31.2 Å². The van der Waals surface area contributed by atoms with E-state index in [1.54, 1.807) is 13.8 Å². The van der Waals surface area contributed by atoms with Crippen molar-refractivity contribution in [2.24, 2.45) is 11.8 Å². The normalized spacial score (nSPS) is 17.5. The molecule has 0 saturated heterocycles. The topological polar surface area (TPSA) is 49.3 Å². The van der Waals surface area contributed by atoms with Crippen molar-refractivity contribution < 1.29 is 14.4 Å². The number of nitrogens with one attached hydrogen (secondary N) is 1. The third-order valence-corrected chi connectivity index (χ3v) is 4.62. The molecular weight excluding hydrogens is 269 g/mol. The number of amides is 1. The highest BCUT2D eigenvalue weighted by molar-refractivity contribution is 5.78. The van der Waals surface area contributed by atoms with Gasteiger partial charge in [-0.05, 0) is 55.7 Å². The summed E-state index contributed by atoms with van der Waals surface area (Å²) in [5, 5.41) is 9.01. The largest absolute Gasteiger partial charge is 0.289 e. The van der Waals surface area contributed by atoms with Crippen LogP contribution in [-0.2, 0) is 11.2 Å². The van der Waals surface area contributed by atoms with Crippen LogP contribution in [0.5, 0.6) is 0 Å². The van der Waals surface area contributed by atoms with Crippen molar-refractivity contribution in [2.45, 2.75) is 52.4 Å². The Morgan fingerprint density at radius 2 is 1.86 bits per heavy atom. The van der Waals surface area contributed by atoms with Crippen molar-refractivity contribution in [3.05, 3.63) is 34.6 Å². The standard InChI is InChI=1S/C17H24FNO2/c1-11-8-13(9-12(2)16(11)18)10-15(17(20)19-21)14-6-4-3-5-7-14/h8-9,14-15,21H,3-7,10H2,1-2H3,(H,19,20)/t15-/m1/s1. The quantitative estimate of drug-likeness (QED) is 0.657. The molecule has 1 aromatic carbocycles. The zero-order valence-electron chi connectivity index (χ0n) is 12.8. The van der Waals surface area contributed by atoms with E-state index in [9.17, 15) is 9.18 Å². The summed E-state index contributed by atoms with van der Waals surface area (Å²) in [7, 11) is 0. The summed E-state index contributed by atoms with van der Waals surface area (Å²) >= 11 is 0. The van der Waals surface area contributed by atoms with E-state index in [1.165, 1.54) is 6.42 Å². The van der Waals surface area contributed by atoms with Gasteiger partial charge in [0.2, 0.25) is 5.91 Å². The molecule has 1 aromatic rings. The first-order valence-corrected chi connectivity index (χ1v) is 7.72. The second-order valence-electron chi connectivity index (χ2n) is 6.23. The Bertz CT molecular complexity index is 487. The van der Waals surface area contributed by atoms with Crippen LogP contribution in [-0.4, -0.2) is 11.1 Å². The van der Waals surface area contributed by atoms with Crippen LogP contribution >= 0.6 is 0 Å². The lowest BCUT2D eigenvalue weighted by Gasteiger charge is -2.29. The zero-order valence-corrected chi connectivity index (χ0v) is 12.8. The van der Waals surface area contributed by atoms with E-state index in [2.05, 4.69) is 0 Å². The predicted molar refractivity (Wildman–Crippen MR) is 79.6 cm³/mol. The van der Waals surface area contributed by atoms with Crippen LogP contribution < -0.4 is 5.48 Å². The Labute approximate surface area is 125 Å². The molecule has 0 radical (unpaired) electrons. The Morgan fingerprint density at radius 1 is 1.29 bits per heavy atom. The molecule has 1 amide bonds. The third-order valence-electron chi connectivity index (χ3n) is 4.62. The number of hydrogen-bond acceptors (Lipinski definition) is 2. The third kappa shape index (κ3) is 3.82. The lowest BCUT2D eigenvalue weighted by atomic mass is 9.77. The minimum absolute atomic E-state index is 0.181. The van der Waals surface area contributed by atoms with Gasteiger partial charge < -0.3 is 0 Å². The van der Waals surface area contributed by atoms with E-state index < -0.39 is 0 Å². The first-order chi connectivity index (χ1) is 10.0. The summed E-state index contributed by atoms with van der Waals surface area (Å²) in [6, 6.07) is 3.62. The van der Waals surface area contributed by atoms with Gasteiger partial charge in [-0.3, -0.25) is 10.0 Å². The van der Waals surface area contributed by atoms with Crippen molar-refractivity contribution in [3.63, 3.8) is 0 Å². The van der Waals surface area contributed by atoms with Gasteiger partial charge in [0.05, 0.1) is 0 Å². The van der Waals surface area contributed by atoms with E-state index in [1.807, 2.05) is 17.6 Å². The molecule has 0 aromatic heterocycles. The number of hydrogen-bond donors (Lipinski definition) is 2. The monoisotopic (exact) mass is 293 g/mol. The van der Waals surface area contributed by atoms with Crippen LogP contribution in [0.15, 0.2) is 12.1 Å². The van der Waals surface area contributed by atoms with Gasteiger partial charge >= 0.3 is 0 Å². The molecule has 1 saturated carbocycles. The lowest BCUT2D eigenvalue weighted by molar-refractivity contribution is -0.135. The number of hydroxylamine groups is 1. The molecule has 1 fully saturated rings. The molecule has 0 aliphatic heterocycles. The highest BCUT2D eigenvalue weighted by Crippen LogP contribution is 2.32. The molecule has 3 nitrogen and oxygen atoms in total. The second-order valence-corrected chi connectivity index (χ2v) is 6.23. The number of rotatable bonds is 4. The van der Waals surface area contributed by atoms with Gasteiger partial charge in [0, 0.05) is 5.92 Å². The van der Waals surface area contributed by atoms with Gasteiger partial charge in [-0.1, -0.05) is 31.4 Å². The second kappa shape index (κ2) is 7.03. The Balaban J connectivity index is 2.20. The van der Waals surface area contributed by atoms with Gasteiger partial charge in [0.1, 0.15) is 5.82 Å².